The Morgan fingerprint density at radius 2 is 1.95 bits per heavy atom. The molecule has 1 aliphatic heterocycles. The molecule has 21 heavy (non-hydrogen) atoms. The molecule has 3 rings (SSSR count). The number of hydrogen-bond acceptors (Lipinski definition) is 2. The van der Waals surface area contributed by atoms with Crippen LogP contribution in [0.3, 0.4) is 0 Å². The maximum atomic E-state index is 12.7. The van der Waals surface area contributed by atoms with Crippen molar-refractivity contribution in [3.8, 4) is 0 Å². The summed E-state index contributed by atoms with van der Waals surface area (Å²) < 4.78 is 1.66. The number of hydrogen-bond donors (Lipinski definition) is 1. The number of halogens is 2. The second-order valence-corrected chi connectivity index (χ2v) is 7.33. The van der Waals surface area contributed by atoms with Crippen molar-refractivity contribution in [3.63, 3.8) is 0 Å². The highest BCUT2D eigenvalue weighted by atomic mass is 79.9. The Hall–Kier alpha value is -0.880. The molecule has 2 amide bonds. The number of nitrogens with one attached hydrogen (secondary N) is 1. The molecule has 4 nitrogen and oxygen atoms in total. The number of benzene rings is 1. The molecular formula is C15H16Br2N2O2. The zero-order chi connectivity index (χ0) is 15.0. The summed E-state index contributed by atoms with van der Waals surface area (Å²) in [5.41, 5.74) is 0.601. The highest BCUT2D eigenvalue weighted by Gasteiger charge is 2.37. The van der Waals surface area contributed by atoms with E-state index < -0.39 is 0 Å². The highest BCUT2D eigenvalue weighted by Crippen LogP contribution is 2.27. The molecule has 112 valence electrons. The standard InChI is InChI=1S/C15H16Br2N2O2/c16-9-3-6-11(12(17)8-9)15(21)19-7-1-2-13(19)14(20)18-10-4-5-10/h3,6,8,10,13H,1-2,4-5,7H2,(H,18,20). The molecule has 1 heterocycles. The van der Waals surface area contributed by atoms with Gasteiger partial charge in [-0.05, 0) is 59.8 Å². The third-order valence-corrected chi connectivity index (χ3v) is 5.05. The molecule has 1 atom stereocenters. The van der Waals surface area contributed by atoms with E-state index in [2.05, 4.69) is 37.2 Å². The SMILES string of the molecule is O=C(NC1CC1)C1CCCN1C(=O)c1ccc(Br)cc1Br. The monoisotopic (exact) mass is 414 g/mol. The van der Waals surface area contributed by atoms with Crippen molar-refractivity contribution in [1.29, 1.82) is 0 Å². The van der Waals surface area contributed by atoms with E-state index >= 15 is 0 Å². The van der Waals surface area contributed by atoms with Gasteiger partial charge in [0.2, 0.25) is 5.91 Å². The van der Waals surface area contributed by atoms with Gasteiger partial charge in [0.15, 0.2) is 0 Å². The van der Waals surface area contributed by atoms with E-state index in [1.165, 1.54) is 0 Å². The Morgan fingerprint density at radius 3 is 2.62 bits per heavy atom. The second kappa shape index (κ2) is 6.08. The third-order valence-electron chi connectivity index (χ3n) is 3.90. The molecular weight excluding hydrogens is 400 g/mol. The van der Waals surface area contributed by atoms with Gasteiger partial charge >= 0.3 is 0 Å². The average molecular weight is 416 g/mol. The molecule has 6 heteroatoms. The Labute approximate surface area is 140 Å². The quantitative estimate of drug-likeness (QED) is 0.824. The summed E-state index contributed by atoms with van der Waals surface area (Å²) in [6, 6.07) is 5.48. The normalized spacial score (nSPS) is 21.4. The number of amides is 2. The summed E-state index contributed by atoms with van der Waals surface area (Å²) in [6.07, 6.45) is 3.75. The van der Waals surface area contributed by atoms with Gasteiger partial charge in [0.1, 0.15) is 6.04 Å². The average Bonchev–Trinajstić information content (AvgIpc) is 3.11. The van der Waals surface area contributed by atoms with E-state index in [0.717, 1.165) is 34.6 Å². The minimum atomic E-state index is -0.325. The van der Waals surface area contributed by atoms with Crippen LogP contribution in [0.4, 0.5) is 0 Å². The minimum absolute atomic E-state index is 0.00316. The summed E-state index contributed by atoms with van der Waals surface area (Å²) >= 11 is 6.80. The van der Waals surface area contributed by atoms with Crippen molar-refractivity contribution in [2.24, 2.45) is 0 Å². The number of carbonyl (C=O) groups excluding carboxylic acids is 2. The van der Waals surface area contributed by atoms with Gasteiger partial charge in [-0.15, -0.1) is 0 Å². The van der Waals surface area contributed by atoms with Crippen molar-refractivity contribution < 1.29 is 9.59 Å². The first kappa shape index (κ1) is 15.0. The molecule has 0 spiro atoms. The van der Waals surface area contributed by atoms with E-state index in [-0.39, 0.29) is 17.9 Å². The van der Waals surface area contributed by atoms with Gasteiger partial charge in [0.05, 0.1) is 5.56 Å². The number of nitrogens with zero attached hydrogens (tertiary/aromatic N) is 1. The molecule has 1 N–H and O–H groups in total. The lowest BCUT2D eigenvalue weighted by Crippen LogP contribution is -2.46. The van der Waals surface area contributed by atoms with Crippen molar-refractivity contribution in [2.75, 3.05) is 6.54 Å². The van der Waals surface area contributed by atoms with E-state index in [1.807, 2.05) is 12.1 Å². The van der Waals surface area contributed by atoms with Crippen molar-refractivity contribution >= 4 is 43.7 Å². The molecule has 1 saturated carbocycles. The van der Waals surface area contributed by atoms with Crippen molar-refractivity contribution in [1.82, 2.24) is 10.2 Å². The Bertz CT molecular complexity index is 587. The van der Waals surface area contributed by atoms with Crippen molar-refractivity contribution in [2.45, 2.75) is 37.8 Å². The fourth-order valence-electron chi connectivity index (χ4n) is 2.63. The number of likely N-dealkylation sites (tertiary alicyclic amines) is 1. The fraction of sp³-hybridized carbons (Fsp3) is 0.467. The summed E-state index contributed by atoms with van der Waals surface area (Å²) in [7, 11) is 0. The molecule has 0 bridgehead atoms. The van der Waals surface area contributed by atoms with Gasteiger partial charge in [0, 0.05) is 21.5 Å². The maximum absolute atomic E-state index is 12.7. The Kier molecular flexibility index (Phi) is 4.36. The molecule has 0 aromatic heterocycles. The molecule has 1 aromatic carbocycles. The van der Waals surface area contributed by atoms with Gasteiger partial charge in [0.25, 0.3) is 5.91 Å². The van der Waals surface area contributed by atoms with Crippen LogP contribution in [0.15, 0.2) is 27.1 Å². The topological polar surface area (TPSA) is 49.4 Å². The minimum Gasteiger partial charge on any atom is -0.352 e. The molecule has 1 aliphatic carbocycles. The van der Waals surface area contributed by atoms with E-state index in [0.29, 0.717) is 18.2 Å². The highest BCUT2D eigenvalue weighted by molar-refractivity contribution is 9.11. The summed E-state index contributed by atoms with van der Waals surface area (Å²) in [5, 5.41) is 3.00. The zero-order valence-corrected chi connectivity index (χ0v) is 14.6. The molecule has 1 aromatic rings. The van der Waals surface area contributed by atoms with Crippen LogP contribution in [0.5, 0.6) is 0 Å². The Morgan fingerprint density at radius 1 is 1.19 bits per heavy atom. The third kappa shape index (κ3) is 3.31. The van der Waals surface area contributed by atoms with Gasteiger partial charge < -0.3 is 10.2 Å². The first-order valence-corrected chi connectivity index (χ1v) is 8.71. The van der Waals surface area contributed by atoms with E-state index in [4.69, 9.17) is 0 Å². The molecule has 2 fully saturated rings. The lowest BCUT2D eigenvalue weighted by atomic mass is 10.1. The number of carbonyl (C=O) groups is 2. The summed E-state index contributed by atoms with van der Waals surface area (Å²) in [5.74, 6) is -0.0839. The smallest absolute Gasteiger partial charge is 0.255 e. The molecule has 0 radical (unpaired) electrons. The van der Waals surface area contributed by atoms with Crippen molar-refractivity contribution in [3.05, 3.63) is 32.7 Å². The van der Waals surface area contributed by atoms with Crippen LogP contribution in [0.25, 0.3) is 0 Å². The first-order chi connectivity index (χ1) is 10.1. The lowest BCUT2D eigenvalue weighted by molar-refractivity contribution is -0.125. The summed E-state index contributed by atoms with van der Waals surface area (Å²) in [6.45, 7) is 0.643. The van der Waals surface area contributed by atoms with Crippen LogP contribution >= 0.6 is 31.9 Å². The van der Waals surface area contributed by atoms with E-state index in [1.54, 1.807) is 11.0 Å². The van der Waals surface area contributed by atoms with Gasteiger partial charge in [-0.25, -0.2) is 0 Å². The van der Waals surface area contributed by atoms with Crippen LogP contribution in [0.1, 0.15) is 36.0 Å². The van der Waals surface area contributed by atoms with Gasteiger partial charge in [-0.2, -0.15) is 0 Å². The maximum Gasteiger partial charge on any atom is 0.255 e. The first-order valence-electron chi connectivity index (χ1n) is 7.12. The predicted molar refractivity (Wildman–Crippen MR) is 87.1 cm³/mol. The van der Waals surface area contributed by atoms with Crippen LogP contribution in [0, 0.1) is 0 Å². The fourth-order valence-corrected chi connectivity index (χ4v) is 3.84. The van der Waals surface area contributed by atoms with Crippen LogP contribution in [-0.4, -0.2) is 35.3 Å². The number of rotatable bonds is 3. The Balaban J connectivity index is 1.77. The second-order valence-electron chi connectivity index (χ2n) is 5.56. The summed E-state index contributed by atoms with van der Waals surface area (Å²) in [4.78, 5) is 26.7. The largest absolute Gasteiger partial charge is 0.352 e. The van der Waals surface area contributed by atoms with E-state index in [9.17, 15) is 9.59 Å². The van der Waals surface area contributed by atoms with Crippen LogP contribution in [0.2, 0.25) is 0 Å². The van der Waals surface area contributed by atoms with Gasteiger partial charge in [-0.3, -0.25) is 9.59 Å². The molecule has 2 aliphatic rings. The van der Waals surface area contributed by atoms with Crippen LogP contribution in [-0.2, 0) is 4.79 Å². The van der Waals surface area contributed by atoms with Gasteiger partial charge in [-0.1, -0.05) is 15.9 Å². The predicted octanol–water partition coefficient (Wildman–Crippen LogP) is 3.09. The van der Waals surface area contributed by atoms with Crippen LogP contribution < -0.4 is 5.32 Å². The lowest BCUT2D eigenvalue weighted by Gasteiger charge is -2.24. The molecule has 1 saturated heterocycles. The zero-order valence-electron chi connectivity index (χ0n) is 11.4. The molecule has 1 unspecified atom stereocenters.